The topological polar surface area (TPSA) is 77.8 Å². The summed E-state index contributed by atoms with van der Waals surface area (Å²) in [6.07, 6.45) is 4.24. The third-order valence-electron chi connectivity index (χ3n) is 6.10. The number of ether oxygens (including phenoxy) is 3. The SMILES string of the molecule is C=CCN1CCN(C(c2ccc(OC)cc2OC)c2nnnn2CC2CCCO2)CC1. The van der Waals surface area contributed by atoms with Crippen molar-refractivity contribution in [1.82, 2.24) is 30.0 Å². The summed E-state index contributed by atoms with van der Waals surface area (Å²) in [6.45, 7) is 9.98. The summed E-state index contributed by atoms with van der Waals surface area (Å²) in [5.74, 6) is 2.34. The Balaban J connectivity index is 1.67. The Labute approximate surface area is 183 Å². The van der Waals surface area contributed by atoms with Crippen molar-refractivity contribution >= 4 is 0 Å². The number of hydrogen-bond donors (Lipinski definition) is 0. The lowest BCUT2D eigenvalue weighted by Crippen LogP contribution is -2.48. The summed E-state index contributed by atoms with van der Waals surface area (Å²) in [5.41, 5.74) is 1.03. The van der Waals surface area contributed by atoms with Crippen LogP contribution in [0.4, 0.5) is 0 Å². The second-order valence-corrected chi connectivity index (χ2v) is 7.99. The van der Waals surface area contributed by atoms with Crippen LogP contribution in [0, 0.1) is 0 Å². The van der Waals surface area contributed by atoms with Crippen molar-refractivity contribution in [3.05, 3.63) is 42.2 Å². The lowest BCUT2D eigenvalue weighted by molar-refractivity contribution is 0.0865. The second kappa shape index (κ2) is 10.2. The average Bonchev–Trinajstić information content (AvgIpc) is 3.48. The van der Waals surface area contributed by atoms with E-state index in [1.165, 1.54) is 0 Å². The molecule has 0 bridgehead atoms. The number of benzene rings is 1. The number of piperazine rings is 1. The van der Waals surface area contributed by atoms with Gasteiger partial charge in [-0.15, -0.1) is 11.7 Å². The second-order valence-electron chi connectivity index (χ2n) is 7.99. The maximum Gasteiger partial charge on any atom is 0.173 e. The number of nitrogens with zero attached hydrogens (tertiary/aromatic N) is 6. The van der Waals surface area contributed by atoms with Crippen molar-refractivity contribution in [2.24, 2.45) is 0 Å². The smallest absolute Gasteiger partial charge is 0.173 e. The van der Waals surface area contributed by atoms with Crippen molar-refractivity contribution in [3.8, 4) is 11.5 Å². The van der Waals surface area contributed by atoms with Gasteiger partial charge in [-0.3, -0.25) is 9.80 Å². The lowest BCUT2D eigenvalue weighted by atomic mass is 10.0. The van der Waals surface area contributed by atoms with Gasteiger partial charge in [0.2, 0.25) is 0 Å². The minimum absolute atomic E-state index is 0.122. The molecule has 1 aromatic heterocycles. The van der Waals surface area contributed by atoms with E-state index in [9.17, 15) is 0 Å². The number of aromatic nitrogens is 4. The first-order chi connectivity index (χ1) is 15.2. The first kappa shape index (κ1) is 21.7. The average molecular weight is 429 g/mol. The number of rotatable bonds is 9. The normalized spacial score (nSPS) is 21.2. The molecule has 0 N–H and O–H groups in total. The predicted molar refractivity (Wildman–Crippen MR) is 116 cm³/mol. The molecule has 0 spiro atoms. The Morgan fingerprint density at radius 2 is 2.06 bits per heavy atom. The van der Waals surface area contributed by atoms with Gasteiger partial charge in [-0.1, -0.05) is 6.08 Å². The molecule has 0 aliphatic carbocycles. The zero-order chi connectivity index (χ0) is 21.6. The van der Waals surface area contributed by atoms with Crippen molar-refractivity contribution in [2.45, 2.75) is 31.5 Å². The molecule has 2 aliphatic rings. The van der Waals surface area contributed by atoms with Gasteiger partial charge >= 0.3 is 0 Å². The highest BCUT2D eigenvalue weighted by atomic mass is 16.5. The van der Waals surface area contributed by atoms with Crippen molar-refractivity contribution in [1.29, 1.82) is 0 Å². The number of methoxy groups -OCH3 is 2. The van der Waals surface area contributed by atoms with E-state index in [0.29, 0.717) is 6.54 Å². The molecule has 2 atom stereocenters. The van der Waals surface area contributed by atoms with Gasteiger partial charge in [-0.25, -0.2) is 4.68 Å². The van der Waals surface area contributed by atoms with Crippen LogP contribution in [0.25, 0.3) is 0 Å². The monoisotopic (exact) mass is 428 g/mol. The van der Waals surface area contributed by atoms with E-state index in [2.05, 4.69) is 38.0 Å². The van der Waals surface area contributed by atoms with Crippen LogP contribution >= 0.6 is 0 Å². The van der Waals surface area contributed by atoms with Crippen LogP contribution in [-0.4, -0.2) is 89.7 Å². The van der Waals surface area contributed by atoms with E-state index >= 15 is 0 Å². The maximum absolute atomic E-state index is 5.84. The summed E-state index contributed by atoms with van der Waals surface area (Å²) < 4.78 is 18.9. The third-order valence-corrected chi connectivity index (χ3v) is 6.10. The highest BCUT2D eigenvalue weighted by Gasteiger charge is 2.33. The molecule has 2 saturated heterocycles. The van der Waals surface area contributed by atoms with Crippen LogP contribution in [0.1, 0.15) is 30.3 Å². The van der Waals surface area contributed by atoms with Gasteiger partial charge in [0.25, 0.3) is 0 Å². The minimum Gasteiger partial charge on any atom is -0.497 e. The highest BCUT2D eigenvalue weighted by molar-refractivity contribution is 5.44. The highest BCUT2D eigenvalue weighted by Crippen LogP contribution is 2.36. The van der Waals surface area contributed by atoms with E-state index in [4.69, 9.17) is 14.2 Å². The van der Waals surface area contributed by atoms with Crippen LogP contribution in [-0.2, 0) is 11.3 Å². The summed E-state index contributed by atoms with van der Waals surface area (Å²) >= 11 is 0. The molecular weight excluding hydrogens is 396 g/mol. The van der Waals surface area contributed by atoms with Gasteiger partial charge < -0.3 is 14.2 Å². The molecule has 9 nitrogen and oxygen atoms in total. The van der Waals surface area contributed by atoms with E-state index < -0.39 is 0 Å². The maximum atomic E-state index is 5.84. The Morgan fingerprint density at radius 3 is 2.74 bits per heavy atom. The molecule has 0 radical (unpaired) electrons. The van der Waals surface area contributed by atoms with E-state index in [0.717, 1.165) is 75.1 Å². The van der Waals surface area contributed by atoms with E-state index in [1.54, 1.807) is 14.2 Å². The van der Waals surface area contributed by atoms with Crippen molar-refractivity contribution in [3.63, 3.8) is 0 Å². The first-order valence-corrected chi connectivity index (χ1v) is 10.9. The first-order valence-electron chi connectivity index (χ1n) is 10.9. The van der Waals surface area contributed by atoms with Crippen LogP contribution in [0.5, 0.6) is 11.5 Å². The Hall–Kier alpha value is -2.49. The zero-order valence-corrected chi connectivity index (χ0v) is 18.4. The standard InChI is InChI=1S/C22H32N6O3/c1-4-9-26-10-12-27(13-11-26)21(19-8-7-17(29-2)15-20(19)30-3)22-23-24-25-28(22)16-18-6-5-14-31-18/h4,7-8,15,18,21H,1,5-6,9-14,16H2,2-3H3. The Bertz CT molecular complexity index is 859. The van der Waals surface area contributed by atoms with Crippen LogP contribution in [0.2, 0.25) is 0 Å². The van der Waals surface area contributed by atoms with Crippen LogP contribution < -0.4 is 9.47 Å². The quantitative estimate of drug-likeness (QED) is 0.559. The summed E-state index contributed by atoms with van der Waals surface area (Å²) in [5, 5.41) is 12.8. The Morgan fingerprint density at radius 1 is 1.23 bits per heavy atom. The summed E-state index contributed by atoms with van der Waals surface area (Å²) in [7, 11) is 3.35. The van der Waals surface area contributed by atoms with Crippen molar-refractivity contribution in [2.75, 3.05) is 53.6 Å². The largest absolute Gasteiger partial charge is 0.497 e. The molecule has 3 heterocycles. The van der Waals surface area contributed by atoms with Crippen LogP contribution in [0.15, 0.2) is 30.9 Å². The van der Waals surface area contributed by atoms with Gasteiger partial charge in [0.1, 0.15) is 17.5 Å². The van der Waals surface area contributed by atoms with E-state index in [-0.39, 0.29) is 12.1 Å². The molecule has 0 amide bonds. The van der Waals surface area contributed by atoms with Gasteiger partial charge in [0, 0.05) is 51.0 Å². The molecule has 4 rings (SSSR count). The summed E-state index contributed by atoms with van der Waals surface area (Å²) in [4.78, 5) is 4.84. The van der Waals surface area contributed by atoms with E-state index in [1.807, 2.05) is 22.9 Å². The third kappa shape index (κ3) is 4.89. The molecule has 0 saturated carbocycles. The zero-order valence-electron chi connectivity index (χ0n) is 18.4. The molecule has 1 aromatic carbocycles. The van der Waals surface area contributed by atoms with Gasteiger partial charge in [0.05, 0.1) is 26.9 Å². The molecule has 2 unspecified atom stereocenters. The summed E-state index contributed by atoms with van der Waals surface area (Å²) in [6, 6.07) is 5.82. The predicted octanol–water partition coefficient (Wildman–Crippen LogP) is 1.76. The minimum atomic E-state index is -0.122. The molecule has 2 fully saturated rings. The molecule has 9 heteroatoms. The molecule has 168 valence electrons. The lowest BCUT2D eigenvalue weighted by Gasteiger charge is -2.39. The number of tetrazole rings is 1. The number of hydrogen-bond acceptors (Lipinski definition) is 8. The fourth-order valence-corrected chi connectivity index (χ4v) is 4.45. The van der Waals surface area contributed by atoms with Crippen LogP contribution in [0.3, 0.4) is 0 Å². The van der Waals surface area contributed by atoms with Crippen molar-refractivity contribution < 1.29 is 14.2 Å². The molecular formula is C22H32N6O3. The molecule has 31 heavy (non-hydrogen) atoms. The fraction of sp³-hybridized carbons (Fsp3) is 0.591. The molecule has 2 aliphatic heterocycles. The van der Waals surface area contributed by atoms with Gasteiger partial charge in [-0.05, 0) is 35.4 Å². The van der Waals surface area contributed by atoms with Gasteiger partial charge in [0.15, 0.2) is 5.82 Å². The Kier molecular flexibility index (Phi) is 7.16. The fourth-order valence-electron chi connectivity index (χ4n) is 4.45. The molecule has 2 aromatic rings. The van der Waals surface area contributed by atoms with Gasteiger partial charge in [-0.2, -0.15) is 0 Å².